The number of barbiturate groups is 1. The molecule has 0 bridgehead atoms. The molecule has 3 N–H and O–H groups in total. The fourth-order valence-corrected chi connectivity index (χ4v) is 2.73. The first-order valence-corrected chi connectivity index (χ1v) is 8.42. The molecule has 0 radical (unpaired) electrons. The number of urea groups is 1. The van der Waals surface area contributed by atoms with Gasteiger partial charge in [0.2, 0.25) is 0 Å². The molecule has 3 rings (SSSR count). The first-order valence-electron chi connectivity index (χ1n) is 8.04. The van der Waals surface area contributed by atoms with E-state index in [9.17, 15) is 19.2 Å². The second kappa shape index (κ2) is 7.93. The molecule has 0 spiro atoms. The molecule has 1 aliphatic rings. The van der Waals surface area contributed by atoms with Crippen LogP contribution in [0.15, 0.2) is 54.1 Å². The molecular formula is C19H14ClN3O5. The third kappa shape index (κ3) is 4.02. The van der Waals surface area contributed by atoms with Gasteiger partial charge in [-0.15, -0.1) is 0 Å². The van der Waals surface area contributed by atoms with Crippen LogP contribution in [0.3, 0.4) is 0 Å². The van der Waals surface area contributed by atoms with E-state index in [1.54, 1.807) is 36.4 Å². The number of halogens is 1. The molecule has 28 heavy (non-hydrogen) atoms. The quantitative estimate of drug-likeness (QED) is 0.587. The van der Waals surface area contributed by atoms with Crippen LogP contribution in [0.5, 0.6) is 5.75 Å². The molecule has 0 aliphatic carbocycles. The van der Waals surface area contributed by atoms with E-state index >= 15 is 0 Å². The van der Waals surface area contributed by atoms with E-state index in [0.717, 1.165) is 4.90 Å². The second-order valence-corrected chi connectivity index (χ2v) is 6.17. The lowest BCUT2D eigenvalue weighted by molar-refractivity contribution is -0.123. The molecule has 0 aromatic heterocycles. The van der Waals surface area contributed by atoms with Gasteiger partial charge in [0.15, 0.2) is 6.61 Å². The summed E-state index contributed by atoms with van der Waals surface area (Å²) in [6.45, 7) is -0.368. The number of para-hydroxylation sites is 1. The van der Waals surface area contributed by atoms with Crippen molar-refractivity contribution in [1.29, 1.82) is 0 Å². The van der Waals surface area contributed by atoms with E-state index < -0.39 is 23.8 Å². The monoisotopic (exact) mass is 399 g/mol. The average Bonchev–Trinajstić information content (AvgIpc) is 2.64. The van der Waals surface area contributed by atoms with Crippen molar-refractivity contribution >= 4 is 47.1 Å². The van der Waals surface area contributed by atoms with Crippen LogP contribution in [0.25, 0.3) is 6.08 Å². The predicted molar refractivity (Wildman–Crippen MR) is 102 cm³/mol. The van der Waals surface area contributed by atoms with E-state index in [2.05, 4.69) is 5.32 Å². The second-order valence-electron chi connectivity index (χ2n) is 5.73. The third-order valence-electron chi connectivity index (χ3n) is 3.76. The highest BCUT2D eigenvalue weighted by molar-refractivity contribution is 6.39. The molecule has 1 aliphatic heterocycles. The van der Waals surface area contributed by atoms with E-state index in [0.29, 0.717) is 10.6 Å². The minimum absolute atomic E-state index is 0.215. The summed E-state index contributed by atoms with van der Waals surface area (Å²) in [6, 6.07) is 11.7. The first-order chi connectivity index (χ1) is 13.4. The van der Waals surface area contributed by atoms with E-state index in [1.807, 2.05) is 0 Å². The number of benzene rings is 2. The molecule has 2 aromatic rings. The summed E-state index contributed by atoms with van der Waals surface area (Å²) in [6.07, 6.45) is 1.28. The van der Waals surface area contributed by atoms with Crippen molar-refractivity contribution in [2.75, 3.05) is 11.5 Å². The summed E-state index contributed by atoms with van der Waals surface area (Å²) >= 11 is 5.93. The fourth-order valence-electron chi connectivity index (χ4n) is 2.54. The lowest BCUT2D eigenvalue weighted by Crippen LogP contribution is -2.54. The van der Waals surface area contributed by atoms with Crippen molar-refractivity contribution in [3.8, 4) is 5.75 Å². The Bertz CT molecular complexity index is 1020. The Balaban J connectivity index is 1.99. The number of carbonyl (C=O) groups is 4. The Morgan fingerprint density at radius 1 is 1.14 bits per heavy atom. The van der Waals surface area contributed by atoms with Crippen LogP contribution >= 0.6 is 11.6 Å². The highest BCUT2D eigenvalue weighted by Crippen LogP contribution is 2.26. The van der Waals surface area contributed by atoms with E-state index in [1.165, 1.54) is 18.2 Å². The largest absolute Gasteiger partial charge is 0.483 e. The zero-order valence-electron chi connectivity index (χ0n) is 14.3. The fraction of sp³-hybridized carbons (Fsp3) is 0.0526. The number of nitrogens with two attached hydrogens (primary N) is 1. The number of nitrogens with zero attached hydrogens (tertiary/aromatic N) is 1. The summed E-state index contributed by atoms with van der Waals surface area (Å²) in [4.78, 5) is 49.1. The Morgan fingerprint density at radius 3 is 2.61 bits per heavy atom. The van der Waals surface area contributed by atoms with Gasteiger partial charge in [-0.1, -0.05) is 35.9 Å². The zero-order chi connectivity index (χ0) is 20.3. The first kappa shape index (κ1) is 19.1. The van der Waals surface area contributed by atoms with Gasteiger partial charge in [-0.3, -0.25) is 19.7 Å². The average molecular weight is 400 g/mol. The molecular weight excluding hydrogens is 386 g/mol. The van der Waals surface area contributed by atoms with Gasteiger partial charge >= 0.3 is 6.03 Å². The molecule has 142 valence electrons. The van der Waals surface area contributed by atoms with Gasteiger partial charge in [0.05, 0.1) is 5.69 Å². The minimum atomic E-state index is -0.882. The maximum absolute atomic E-state index is 12.9. The molecule has 5 amide bonds. The van der Waals surface area contributed by atoms with Gasteiger partial charge in [-0.25, -0.2) is 9.69 Å². The number of carbonyl (C=O) groups excluding carboxylic acids is 4. The highest BCUT2D eigenvalue weighted by Gasteiger charge is 2.37. The number of anilines is 1. The maximum atomic E-state index is 12.9. The number of hydrogen-bond donors (Lipinski definition) is 2. The molecule has 1 fully saturated rings. The SMILES string of the molecule is NC(=O)COc1ccccc1C=C1C(=O)NC(=O)N(c2cccc(Cl)c2)C1=O. The standard InChI is InChI=1S/C19H14ClN3O5/c20-12-5-3-6-13(9-12)23-18(26)14(17(25)22-19(23)27)8-11-4-1-2-7-15(11)28-10-16(21)24/h1-9H,10H2,(H2,21,24)(H,22,25,27). The Hall–Kier alpha value is -3.65. The number of rotatable bonds is 5. The van der Waals surface area contributed by atoms with Crippen molar-refractivity contribution in [2.45, 2.75) is 0 Å². The number of primary amides is 1. The summed E-state index contributed by atoms with van der Waals surface area (Å²) in [7, 11) is 0. The third-order valence-corrected chi connectivity index (χ3v) is 3.99. The topological polar surface area (TPSA) is 119 Å². The Morgan fingerprint density at radius 2 is 1.89 bits per heavy atom. The van der Waals surface area contributed by atoms with Crippen LogP contribution in [0.2, 0.25) is 5.02 Å². The summed E-state index contributed by atoms with van der Waals surface area (Å²) in [5.41, 5.74) is 5.37. The summed E-state index contributed by atoms with van der Waals surface area (Å²) in [5.74, 6) is -2.09. The minimum Gasteiger partial charge on any atom is -0.483 e. The van der Waals surface area contributed by atoms with Crippen LogP contribution in [0.4, 0.5) is 10.5 Å². The molecule has 0 atom stereocenters. The van der Waals surface area contributed by atoms with Crippen LogP contribution in [0, 0.1) is 0 Å². The van der Waals surface area contributed by atoms with Crippen molar-refractivity contribution in [1.82, 2.24) is 5.32 Å². The molecule has 8 nitrogen and oxygen atoms in total. The van der Waals surface area contributed by atoms with Crippen molar-refractivity contribution < 1.29 is 23.9 Å². The number of ether oxygens (including phenoxy) is 1. The van der Waals surface area contributed by atoms with Crippen LogP contribution in [-0.4, -0.2) is 30.4 Å². The smallest absolute Gasteiger partial charge is 0.335 e. The molecule has 9 heteroatoms. The van der Waals surface area contributed by atoms with Crippen LogP contribution < -0.4 is 20.7 Å². The van der Waals surface area contributed by atoms with Crippen molar-refractivity contribution in [3.63, 3.8) is 0 Å². The summed E-state index contributed by atoms with van der Waals surface area (Å²) in [5, 5.41) is 2.44. The molecule has 1 heterocycles. The predicted octanol–water partition coefficient (Wildman–Crippen LogP) is 1.87. The Labute approximate surface area is 164 Å². The maximum Gasteiger partial charge on any atom is 0.335 e. The van der Waals surface area contributed by atoms with Crippen molar-refractivity contribution in [3.05, 3.63) is 64.7 Å². The van der Waals surface area contributed by atoms with Gasteiger partial charge in [-0.2, -0.15) is 0 Å². The normalized spacial score (nSPS) is 15.5. The summed E-state index contributed by atoms with van der Waals surface area (Å²) < 4.78 is 5.30. The van der Waals surface area contributed by atoms with Gasteiger partial charge in [-0.05, 0) is 30.3 Å². The molecule has 0 saturated carbocycles. The van der Waals surface area contributed by atoms with E-state index in [4.69, 9.17) is 22.1 Å². The molecule has 1 saturated heterocycles. The number of amides is 5. The lowest BCUT2D eigenvalue weighted by atomic mass is 10.1. The van der Waals surface area contributed by atoms with E-state index in [-0.39, 0.29) is 23.6 Å². The van der Waals surface area contributed by atoms with Gasteiger partial charge in [0, 0.05) is 10.6 Å². The molecule has 2 aromatic carbocycles. The van der Waals surface area contributed by atoms with Gasteiger partial charge < -0.3 is 10.5 Å². The number of nitrogens with one attached hydrogen (secondary N) is 1. The van der Waals surface area contributed by atoms with Gasteiger partial charge in [0.25, 0.3) is 17.7 Å². The number of hydrogen-bond acceptors (Lipinski definition) is 5. The highest BCUT2D eigenvalue weighted by atomic mass is 35.5. The van der Waals surface area contributed by atoms with Crippen LogP contribution in [0.1, 0.15) is 5.56 Å². The van der Waals surface area contributed by atoms with Crippen molar-refractivity contribution in [2.24, 2.45) is 5.73 Å². The molecule has 0 unspecified atom stereocenters. The lowest BCUT2D eigenvalue weighted by Gasteiger charge is -2.26. The zero-order valence-corrected chi connectivity index (χ0v) is 15.1. The Kier molecular flexibility index (Phi) is 5.42. The van der Waals surface area contributed by atoms with Gasteiger partial charge in [0.1, 0.15) is 11.3 Å². The number of imide groups is 2. The van der Waals surface area contributed by atoms with Crippen LogP contribution in [-0.2, 0) is 14.4 Å².